The highest BCUT2D eigenvalue weighted by molar-refractivity contribution is 6.33. The van der Waals surface area contributed by atoms with Gasteiger partial charge in [-0.2, -0.15) is 0 Å². The van der Waals surface area contributed by atoms with E-state index in [0.717, 1.165) is 52.4 Å². The van der Waals surface area contributed by atoms with Crippen molar-refractivity contribution < 1.29 is 19.4 Å². The van der Waals surface area contributed by atoms with Gasteiger partial charge in [-0.15, -0.1) is 0 Å². The van der Waals surface area contributed by atoms with Crippen molar-refractivity contribution in [3.8, 4) is 0 Å². The lowest BCUT2D eigenvalue weighted by atomic mass is 9.77. The fourth-order valence-corrected chi connectivity index (χ4v) is 3.23. The fourth-order valence-electron chi connectivity index (χ4n) is 3.23. The van der Waals surface area contributed by atoms with Crippen LogP contribution in [-0.4, -0.2) is 60.9 Å². The van der Waals surface area contributed by atoms with Crippen LogP contribution >= 0.6 is 0 Å². The lowest BCUT2D eigenvalue weighted by molar-refractivity contribution is -0.189. The highest BCUT2D eigenvalue weighted by atomic mass is 16.7. The van der Waals surface area contributed by atoms with E-state index in [9.17, 15) is 9.90 Å². The summed E-state index contributed by atoms with van der Waals surface area (Å²) in [5.41, 5.74) is 0. The molecular weight excluding hydrogens is 293 g/mol. The second-order valence-electron chi connectivity index (χ2n) is 6.59. The molecule has 0 aliphatic carbocycles. The van der Waals surface area contributed by atoms with Crippen molar-refractivity contribution in [3.63, 3.8) is 0 Å². The van der Waals surface area contributed by atoms with Crippen LogP contribution in [0.15, 0.2) is 12.2 Å². The number of aliphatic hydroxyl groups is 1. The Morgan fingerprint density at radius 3 is 3.00 bits per heavy atom. The third kappa shape index (κ3) is 5.62. The number of nitrogens with zero attached hydrogens (tertiary/aromatic N) is 1. The summed E-state index contributed by atoms with van der Waals surface area (Å²) in [7, 11) is 1.13. The molecular formula is C17H30BNO4. The van der Waals surface area contributed by atoms with E-state index < -0.39 is 6.10 Å². The Morgan fingerprint density at radius 1 is 1.52 bits per heavy atom. The summed E-state index contributed by atoms with van der Waals surface area (Å²) >= 11 is 0. The van der Waals surface area contributed by atoms with Crippen LogP contribution in [0.1, 0.15) is 39.0 Å². The number of aliphatic hydroxyl groups excluding tert-OH is 1. The number of carbonyl (C=O) groups is 1. The Balaban J connectivity index is 2.01. The molecule has 2 heterocycles. The van der Waals surface area contributed by atoms with Gasteiger partial charge in [0, 0.05) is 13.2 Å². The van der Waals surface area contributed by atoms with Crippen molar-refractivity contribution in [3.05, 3.63) is 12.2 Å². The van der Waals surface area contributed by atoms with Gasteiger partial charge < -0.3 is 19.5 Å². The highest BCUT2D eigenvalue weighted by Gasteiger charge is 2.40. The Bertz CT molecular complexity index is 396. The molecule has 2 saturated heterocycles. The van der Waals surface area contributed by atoms with Crippen molar-refractivity contribution in [1.82, 2.24) is 4.90 Å². The van der Waals surface area contributed by atoms with Crippen LogP contribution in [0, 0.1) is 0 Å². The highest BCUT2D eigenvalue weighted by Crippen LogP contribution is 2.27. The molecule has 23 heavy (non-hydrogen) atoms. The maximum absolute atomic E-state index is 12.4. The number of rotatable bonds is 8. The summed E-state index contributed by atoms with van der Waals surface area (Å²) in [5, 5.41) is 9.53. The summed E-state index contributed by atoms with van der Waals surface area (Å²) < 4.78 is 11.7. The maximum atomic E-state index is 12.4. The van der Waals surface area contributed by atoms with Crippen molar-refractivity contribution >= 4 is 13.2 Å². The topological polar surface area (TPSA) is 59.0 Å². The molecule has 1 N–H and O–H groups in total. The molecule has 0 aromatic heterocycles. The molecule has 2 rings (SSSR count). The predicted molar refractivity (Wildman–Crippen MR) is 91.8 cm³/mol. The van der Waals surface area contributed by atoms with Crippen molar-refractivity contribution in [1.29, 1.82) is 0 Å². The fraction of sp³-hybridized carbons (Fsp3) is 0.824. The number of amides is 1. The molecule has 4 atom stereocenters. The van der Waals surface area contributed by atoms with E-state index in [1.807, 2.05) is 11.0 Å². The first kappa shape index (κ1) is 18.5. The lowest BCUT2D eigenvalue weighted by Crippen LogP contribution is -2.39. The normalized spacial score (nSPS) is 30.1. The molecule has 2 aliphatic heterocycles. The zero-order valence-corrected chi connectivity index (χ0v) is 14.4. The van der Waals surface area contributed by atoms with E-state index in [-0.39, 0.29) is 24.3 Å². The summed E-state index contributed by atoms with van der Waals surface area (Å²) in [6.45, 7) is 5.37. The average molecular weight is 323 g/mol. The van der Waals surface area contributed by atoms with Gasteiger partial charge in [-0.1, -0.05) is 25.3 Å². The summed E-state index contributed by atoms with van der Waals surface area (Å²) in [6.07, 6.45) is 8.40. The van der Waals surface area contributed by atoms with Gasteiger partial charge in [-0.25, -0.2) is 0 Å². The van der Waals surface area contributed by atoms with Crippen LogP contribution in [0.5, 0.6) is 0 Å². The molecule has 6 heteroatoms. The smallest absolute Gasteiger partial charge is 0.225 e. The van der Waals surface area contributed by atoms with Gasteiger partial charge in [0.05, 0.1) is 24.7 Å². The second kappa shape index (κ2) is 9.45. The molecule has 2 aliphatic rings. The van der Waals surface area contributed by atoms with Gasteiger partial charge in [0.15, 0.2) is 6.29 Å². The zero-order chi connectivity index (χ0) is 16.7. The molecule has 1 amide bonds. The molecule has 2 fully saturated rings. The van der Waals surface area contributed by atoms with Crippen molar-refractivity contribution in [2.75, 3.05) is 13.2 Å². The number of hydrogen-bond donors (Lipinski definition) is 1. The Kier molecular flexibility index (Phi) is 7.60. The summed E-state index contributed by atoms with van der Waals surface area (Å²) in [5.74, 6) is 0.141. The van der Waals surface area contributed by atoms with Gasteiger partial charge in [0.25, 0.3) is 0 Å². The SMILES string of the molecule is CBCCCN1C(=O)C[C@@H](OC2CCCCO2)[C@@H]1/C=C/C(C)O. The molecule has 0 aromatic rings. The van der Waals surface area contributed by atoms with E-state index in [2.05, 4.69) is 6.82 Å². The van der Waals surface area contributed by atoms with Crippen LogP contribution in [0.4, 0.5) is 0 Å². The first-order valence-electron chi connectivity index (χ1n) is 9.04. The van der Waals surface area contributed by atoms with Crippen LogP contribution in [0.3, 0.4) is 0 Å². The van der Waals surface area contributed by atoms with Gasteiger partial charge >= 0.3 is 0 Å². The first-order chi connectivity index (χ1) is 11.1. The molecule has 0 aromatic carbocycles. The minimum absolute atomic E-state index is 0.0977. The predicted octanol–water partition coefficient (Wildman–Crippen LogP) is 1.73. The number of ether oxygens (including phenoxy) is 2. The van der Waals surface area contributed by atoms with E-state index >= 15 is 0 Å². The maximum Gasteiger partial charge on any atom is 0.225 e. The Labute approximate surface area is 140 Å². The lowest BCUT2D eigenvalue weighted by Gasteiger charge is -2.30. The molecule has 130 valence electrons. The largest absolute Gasteiger partial charge is 0.389 e. The molecule has 5 nitrogen and oxygen atoms in total. The standard InChI is InChI=1S/C17H30BNO4/c1-13(20)7-8-14-15(23-17-6-3-4-11-22-17)12-16(21)19(14)10-5-9-18-2/h7-8,13-15,17-18,20H,3-6,9-12H2,1-2H3/b8-7+/t13?,14-,15+,17?/m0/s1. The Morgan fingerprint density at radius 2 is 2.35 bits per heavy atom. The monoisotopic (exact) mass is 323 g/mol. The van der Waals surface area contributed by atoms with Gasteiger partial charge in [0.1, 0.15) is 7.28 Å². The van der Waals surface area contributed by atoms with E-state index in [0.29, 0.717) is 6.42 Å². The first-order valence-corrected chi connectivity index (χ1v) is 9.04. The third-order valence-electron chi connectivity index (χ3n) is 4.49. The Hall–Kier alpha value is -0.845. The summed E-state index contributed by atoms with van der Waals surface area (Å²) in [4.78, 5) is 14.3. The number of hydrogen-bond acceptors (Lipinski definition) is 4. The zero-order valence-electron chi connectivity index (χ0n) is 14.4. The third-order valence-corrected chi connectivity index (χ3v) is 4.49. The molecule has 0 bridgehead atoms. The van der Waals surface area contributed by atoms with E-state index in [1.165, 1.54) is 0 Å². The number of carbonyl (C=O) groups excluding carboxylic acids is 1. The van der Waals surface area contributed by atoms with Gasteiger partial charge in [-0.3, -0.25) is 4.79 Å². The quantitative estimate of drug-likeness (QED) is 0.420. The average Bonchev–Trinajstić information content (AvgIpc) is 2.82. The minimum Gasteiger partial charge on any atom is -0.389 e. The van der Waals surface area contributed by atoms with Gasteiger partial charge in [-0.05, 0) is 32.6 Å². The van der Waals surface area contributed by atoms with Gasteiger partial charge in [0.2, 0.25) is 5.91 Å². The summed E-state index contributed by atoms with van der Waals surface area (Å²) in [6, 6.07) is -0.0977. The second-order valence-corrected chi connectivity index (χ2v) is 6.59. The van der Waals surface area contributed by atoms with Crippen LogP contribution in [-0.2, 0) is 14.3 Å². The minimum atomic E-state index is -0.519. The van der Waals surface area contributed by atoms with Crippen molar-refractivity contribution in [2.45, 2.75) is 76.7 Å². The van der Waals surface area contributed by atoms with Crippen LogP contribution < -0.4 is 0 Å². The molecule has 0 saturated carbocycles. The molecule has 0 radical (unpaired) electrons. The molecule has 2 unspecified atom stereocenters. The van der Waals surface area contributed by atoms with Crippen LogP contribution in [0.25, 0.3) is 0 Å². The van der Waals surface area contributed by atoms with Crippen molar-refractivity contribution in [2.24, 2.45) is 0 Å². The van der Waals surface area contributed by atoms with E-state index in [1.54, 1.807) is 13.0 Å². The number of likely N-dealkylation sites (tertiary alicyclic amines) is 1. The molecule has 0 spiro atoms. The van der Waals surface area contributed by atoms with Crippen LogP contribution in [0.2, 0.25) is 13.1 Å². The van der Waals surface area contributed by atoms with E-state index in [4.69, 9.17) is 9.47 Å².